The average molecular weight is 592 g/mol. The molecule has 42 heavy (non-hydrogen) atoms. The lowest BCUT2D eigenvalue weighted by Crippen LogP contribution is -2.40. The van der Waals surface area contributed by atoms with Crippen LogP contribution in [0.3, 0.4) is 0 Å². The molecule has 4 rings (SSSR count). The van der Waals surface area contributed by atoms with Gasteiger partial charge in [0.15, 0.2) is 29.5 Å². The van der Waals surface area contributed by atoms with Crippen LogP contribution in [-0.2, 0) is 18.9 Å². The van der Waals surface area contributed by atoms with E-state index in [0.29, 0.717) is 13.2 Å². The fourth-order valence-corrected chi connectivity index (χ4v) is 4.38. The lowest BCUT2D eigenvalue weighted by molar-refractivity contribution is -0.118. The molecule has 1 aliphatic rings. The second kappa shape index (κ2) is 13.4. The summed E-state index contributed by atoms with van der Waals surface area (Å²) >= 11 is 0. The molecule has 3 unspecified atom stereocenters. The Bertz CT molecular complexity index is 1370. The van der Waals surface area contributed by atoms with E-state index < -0.39 is 58.8 Å². The van der Waals surface area contributed by atoms with Gasteiger partial charge in [0.2, 0.25) is 0 Å². The van der Waals surface area contributed by atoms with Crippen molar-refractivity contribution < 1.29 is 63.5 Å². The number of halogens is 1. The maximum absolute atomic E-state index is 14.0. The Balaban J connectivity index is 1.71. The fraction of sp³-hybridized carbons (Fsp3) is 0.321. The summed E-state index contributed by atoms with van der Waals surface area (Å²) in [6, 6.07) is 6.88. The molecule has 0 amide bonds. The summed E-state index contributed by atoms with van der Waals surface area (Å²) in [7, 11) is 0. The number of esters is 1. The Hall–Kier alpha value is -4.50. The number of fused-ring (bicyclic) bond motifs is 1. The van der Waals surface area contributed by atoms with Gasteiger partial charge in [0.05, 0.1) is 44.2 Å². The number of hydrogen-bond acceptors (Lipinski definition) is 13. The number of ether oxygens (including phenoxy) is 5. The molecule has 0 aromatic heterocycles. The second-order valence-corrected chi connectivity index (χ2v) is 9.20. The van der Waals surface area contributed by atoms with E-state index >= 15 is 0 Å². The minimum atomic E-state index is -1.48. The first-order valence-corrected chi connectivity index (χ1v) is 12.7. The minimum absolute atomic E-state index is 0.00178. The van der Waals surface area contributed by atoms with Crippen molar-refractivity contribution in [1.82, 2.24) is 0 Å². The zero-order valence-corrected chi connectivity index (χ0v) is 22.1. The van der Waals surface area contributed by atoms with Gasteiger partial charge in [-0.15, -0.1) is 0 Å². The van der Waals surface area contributed by atoms with Crippen LogP contribution < -0.4 is 10.5 Å². The summed E-state index contributed by atoms with van der Waals surface area (Å²) < 4.78 is 42.4. The van der Waals surface area contributed by atoms with Crippen LogP contribution in [0.25, 0.3) is 0 Å². The lowest BCUT2D eigenvalue weighted by Gasteiger charge is -2.39. The minimum Gasteiger partial charge on any atom is -0.508 e. The van der Waals surface area contributed by atoms with E-state index in [-0.39, 0.29) is 54.6 Å². The number of aromatic hydroxyl groups is 6. The molecule has 3 aromatic carbocycles. The van der Waals surface area contributed by atoms with Gasteiger partial charge in [-0.3, -0.25) is 0 Å². The molecule has 0 saturated carbocycles. The van der Waals surface area contributed by atoms with Gasteiger partial charge in [0.1, 0.15) is 34.9 Å². The van der Waals surface area contributed by atoms with Crippen LogP contribution in [0.2, 0.25) is 0 Å². The second-order valence-electron chi connectivity index (χ2n) is 9.20. The molecular formula is C28H30FNO12. The Morgan fingerprint density at radius 2 is 1.45 bits per heavy atom. The molecular weight excluding hydrogens is 561 g/mol. The van der Waals surface area contributed by atoms with Crippen molar-refractivity contribution in [1.29, 1.82) is 0 Å². The molecule has 3 aromatic rings. The number of rotatable bonds is 12. The highest BCUT2D eigenvalue weighted by atomic mass is 19.1. The number of phenols is 6. The van der Waals surface area contributed by atoms with Gasteiger partial charge < -0.3 is 60.1 Å². The smallest absolute Gasteiger partial charge is 0.338 e. The van der Waals surface area contributed by atoms with E-state index in [9.17, 15) is 39.8 Å². The topological polar surface area (TPSA) is 211 Å². The van der Waals surface area contributed by atoms with Crippen LogP contribution in [0, 0.1) is 5.82 Å². The Morgan fingerprint density at radius 1 is 0.810 bits per heavy atom. The first-order chi connectivity index (χ1) is 20.1. The quantitative estimate of drug-likeness (QED) is 0.0918. The number of hydrogen-bond donors (Lipinski definition) is 7. The first kappa shape index (κ1) is 30.5. The Kier molecular flexibility index (Phi) is 9.75. The highest BCUT2D eigenvalue weighted by molar-refractivity contribution is 5.90. The molecule has 13 nitrogen and oxygen atoms in total. The normalized spacial score (nSPS) is 17.8. The van der Waals surface area contributed by atoms with Crippen molar-refractivity contribution >= 4 is 5.97 Å². The third kappa shape index (κ3) is 7.03. The van der Waals surface area contributed by atoms with Crippen LogP contribution in [0.15, 0.2) is 42.5 Å². The largest absolute Gasteiger partial charge is 0.508 e. The molecule has 14 heteroatoms. The Labute approximate surface area is 238 Å². The third-order valence-corrected chi connectivity index (χ3v) is 6.18. The van der Waals surface area contributed by atoms with Gasteiger partial charge in [0.25, 0.3) is 0 Å². The molecule has 3 atom stereocenters. The van der Waals surface area contributed by atoms with E-state index in [0.717, 1.165) is 36.4 Å². The standard InChI is InChI=1S/C28H30FNO12/c29-16-7-15(8-17(31)11-16)28(37)42-27-25(14-9-20(34)24(36)21(35)10-14)41-22-13-18(32)12-19(33)23(22)26(27)40-6-5-39-4-3-38-2-1-30/h7-13,25-27,31-36H,1-6,30H2. The predicted molar refractivity (Wildman–Crippen MR) is 141 cm³/mol. The molecule has 0 spiro atoms. The van der Waals surface area contributed by atoms with E-state index in [1.165, 1.54) is 6.07 Å². The zero-order valence-electron chi connectivity index (χ0n) is 22.1. The van der Waals surface area contributed by atoms with Gasteiger partial charge in [-0.1, -0.05) is 0 Å². The molecule has 1 heterocycles. The molecule has 0 radical (unpaired) electrons. The van der Waals surface area contributed by atoms with Crippen molar-refractivity contribution in [3.63, 3.8) is 0 Å². The van der Waals surface area contributed by atoms with E-state index in [1.54, 1.807) is 0 Å². The van der Waals surface area contributed by atoms with Crippen molar-refractivity contribution in [2.45, 2.75) is 18.3 Å². The van der Waals surface area contributed by atoms with Crippen molar-refractivity contribution in [2.75, 3.05) is 39.6 Å². The third-order valence-electron chi connectivity index (χ3n) is 6.18. The number of nitrogens with two attached hydrogens (primary N) is 1. The van der Waals surface area contributed by atoms with Gasteiger partial charge in [-0.2, -0.15) is 0 Å². The number of phenolic OH excluding ortho intramolecular Hbond substituents is 6. The van der Waals surface area contributed by atoms with Crippen LogP contribution in [-0.4, -0.2) is 82.3 Å². The molecule has 8 N–H and O–H groups in total. The molecule has 0 fully saturated rings. The van der Waals surface area contributed by atoms with Crippen molar-refractivity contribution in [3.05, 3.63) is 65.0 Å². The van der Waals surface area contributed by atoms with Gasteiger partial charge >= 0.3 is 5.97 Å². The summed E-state index contributed by atoms with van der Waals surface area (Å²) in [6.07, 6.45) is -4.17. The predicted octanol–water partition coefficient (Wildman–Crippen LogP) is 2.47. The van der Waals surface area contributed by atoms with Gasteiger partial charge in [-0.05, 0) is 24.3 Å². The van der Waals surface area contributed by atoms with E-state index in [4.69, 9.17) is 29.4 Å². The molecule has 1 aliphatic heterocycles. The number of benzene rings is 3. The number of carbonyl (C=O) groups is 1. The summed E-state index contributed by atoms with van der Waals surface area (Å²) in [5, 5.41) is 60.8. The highest BCUT2D eigenvalue weighted by Gasteiger charge is 2.45. The fourth-order valence-electron chi connectivity index (χ4n) is 4.38. The van der Waals surface area contributed by atoms with Gasteiger partial charge in [-0.25, -0.2) is 9.18 Å². The maximum Gasteiger partial charge on any atom is 0.338 e. The summed E-state index contributed by atoms with van der Waals surface area (Å²) in [4.78, 5) is 13.2. The van der Waals surface area contributed by atoms with Gasteiger partial charge in [0, 0.05) is 30.3 Å². The molecule has 0 bridgehead atoms. The molecule has 0 saturated heterocycles. The lowest BCUT2D eigenvalue weighted by atomic mass is 9.90. The SMILES string of the molecule is NCCOCCOCCOC1c2c(O)cc(O)cc2OC(c2cc(O)c(O)c(O)c2)C1OC(=O)c1cc(O)cc(F)c1. The maximum atomic E-state index is 14.0. The monoisotopic (exact) mass is 591 g/mol. The summed E-state index contributed by atoms with van der Waals surface area (Å²) in [5.74, 6) is -5.73. The highest BCUT2D eigenvalue weighted by Crippen LogP contribution is 2.51. The summed E-state index contributed by atoms with van der Waals surface area (Å²) in [6.45, 7) is 1.18. The summed E-state index contributed by atoms with van der Waals surface area (Å²) in [5.41, 5.74) is 5.00. The van der Waals surface area contributed by atoms with Crippen molar-refractivity contribution in [2.24, 2.45) is 5.73 Å². The van der Waals surface area contributed by atoms with Crippen molar-refractivity contribution in [3.8, 4) is 40.2 Å². The molecule has 226 valence electrons. The van der Waals surface area contributed by atoms with Crippen LogP contribution in [0.4, 0.5) is 4.39 Å². The Morgan fingerprint density at radius 3 is 2.12 bits per heavy atom. The first-order valence-electron chi connectivity index (χ1n) is 12.7. The van der Waals surface area contributed by atoms with Crippen LogP contribution in [0.5, 0.6) is 40.2 Å². The van der Waals surface area contributed by atoms with Crippen LogP contribution in [0.1, 0.15) is 33.7 Å². The number of carbonyl (C=O) groups excluding carboxylic acids is 1. The van der Waals surface area contributed by atoms with E-state index in [1.807, 2.05) is 0 Å². The zero-order chi connectivity index (χ0) is 30.4. The average Bonchev–Trinajstić information content (AvgIpc) is 2.92. The van der Waals surface area contributed by atoms with E-state index in [2.05, 4.69) is 0 Å². The molecule has 0 aliphatic carbocycles. The van der Waals surface area contributed by atoms with Crippen LogP contribution >= 0.6 is 0 Å².